The Hall–Kier alpha value is -2.04. The summed E-state index contributed by atoms with van der Waals surface area (Å²) in [7, 11) is 0. The van der Waals surface area contributed by atoms with Gasteiger partial charge >= 0.3 is 0 Å². The lowest BCUT2D eigenvalue weighted by Crippen LogP contribution is -2.22. The molecule has 0 saturated heterocycles. The molecule has 2 aromatic rings. The van der Waals surface area contributed by atoms with Crippen molar-refractivity contribution in [2.24, 2.45) is 0 Å². The van der Waals surface area contributed by atoms with Crippen LogP contribution in [0.25, 0.3) is 0 Å². The summed E-state index contributed by atoms with van der Waals surface area (Å²) >= 11 is 13.0. The number of hydrogen-bond donors (Lipinski definition) is 2. The number of anilines is 2. The molecule has 0 fully saturated rings. The summed E-state index contributed by atoms with van der Waals surface area (Å²) in [5.41, 5.74) is 4.67. The van der Waals surface area contributed by atoms with Crippen LogP contribution in [0.4, 0.5) is 11.4 Å². The quantitative estimate of drug-likeness (QED) is 0.668. The Labute approximate surface area is 170 Å². The Balaban J connectivity index is 2.56. The summed E-state index contributed by atoms with van der Waals surface area (Å²) < 4.78 is 0. The van der Waals surface area contributed by atoms with Crippen molar-refractivity contribution >= 4 is 46.4 Å². The molecule has 0 bridgehead atoms. The van der Waals surface area contributed by atoms with Gasteiger partial charge in [-0.25, -0.2) is 0 Å². The predicted molar refractivity (Wildman–Crippen MR) is 113 cm³/mol. The summed E-state index contributed by atoms with van der Waals surface area (Å²) in [6.07, 6.45) is 0. The molecule has 27 heavy (non-hydrogen) atoms. The lowest BCUT2D eigenvalue weighted by Gasteiger charge is -2.31. The largest absolute Gasteiger partial charge is 0.325 e. The third kappa shape index (κ3) is 4.28. The monoisotopic (exact) mass is 406 g/mol. The van der Waals surface area contributed by atoms with E-state index in [0.29, 0.717) is 21.4 Å². The maximum absolute atomic E-state index is 11.4. The zero-order valence-corrected chi connectivity index (χ0v) is 17.9. The highest BCUT2D eigenvalue weighted by atomic mass is 35.5. The van der Waals surface area contributed by atoms with Crippen LogP contribution in [-0.4, -0.2) is 11.8 Å². The van der Waals surface area contributed by atoms with E-state index in [9.17, 15) is 9.59 Å². The zero-order valence-electron chi connectivity index (χ0n) is 16.4. The number of hydrogen-bond acceptors (Lipinski definition) is 2. The summed E-state index contributed by atoms with van der Waals surface area (Å²) in [5, 5.41) is 6.54. The SMILES string of the molecule is CC(=O)Nc1ccc(C(C)(C)c2ccc(NC(C)=O)c(Cl)c2C)c(C)c1Cl. The molecule has 0 aromatic heterocycles. The van der Waals surface area contributed by atoms with Gasteiger partial charge in [-0.05, 0) is 48.2 Å². The molecule has 0 aliphatic carbocycles. The first-order valence-corrected chi connectivity index (χ1v) is 9.36. The molecule has 144 valence electrons. The Morgan fingerprint density at radius 1 is 0.778 bits per heavy atom. The second kappa shape index (κ2) is 7.91. The van der Waals surface area contributed by atoms with Crippen LogP contribution in [-0.2, 0) is 15.0 Å². The van der Waals surface area contributed by atoms with Gasteiger partial charge in [0.15, 0.2) is 0 Å². The van der Waals surface area contributed by atoms with E-state index in [1.54, 1.807) is 0 Å². The number of nitrogens with one attached hydrogen (secondary N) is 2. The molecule has 2 amide bonds. The van der Waals surface area contributed by atoms with Gasteiger partial charge in [0, 0.05) is 19.3 Å². The Morgan fingerprint density at radius 3 is 1.41 bits per heavy atom. The molecule has 0 atom stereocenters. The number of halogens is 2. The fraction of sp³-hybridized carbons (Fsp3) is 0.333. The predicted octanol–water partition coefficient (Wildman–Crippen LogP) is 5.85. The fourth-order valence-electron chi connectivity index (χ4n) is 3.44. The normalized spacial score (nSPS) is 11.3. The van der Waals surface area contributed by atoms with Crippen LogP contribution in [0, 0.1) is 13.8 Å². The summed E-state index contributed by atoms with van der Waals surface area (Å²) in [6.45, 7) is 11.0. The second-order valence-corrected chi connectivity index (χ2v) is 7.94. The van der Waals surface area contributed by atoms with Gasteiger partial charge < -0.3 is 10.6 Å². The number of carbonyl (C=O) groups is 2. The number of carbonyl (C=O) groups excluding carboxylic acids is 2. The molecule has 0 aliphatic heterocycles. The Morgan fingerprint density at radius 2 is 1.11 bits per heavy atom. The molecule has 4 nitrogen and oxygen atoms in total. The van der Waals surface area contributed by atoms with Crippen LogP contribution in [0.3, 0.4) is 0 Å². The molecule has 0 aliphatic rings. The molecule has 0 saturated carbocycles. The van der Waals surface area contributed by atoms with Crippen LogP contribution in [0.2, 0.25) is 10.0 Å². The van der Waals surface area contributed by atoms with Crippen LogP contribution >= 0.6 is 23.2 Å². The van der Waals surface area contributed by atoms with Gasteiger partial charge in [0.05, 0.1) is 21.4 Å². The maximum Gasteiger partial charge on any atom is 0.221 e. The molecule has 0 heterocycles. The van der Waals surface area contributed by atoms with E-state index in [0.717, 1.165) is 22.3 Å². The van der Waals surface area contributed by atoms with Crippen molar-refractivity contribution in [1.82, 2.24) is 0 Å². The van der Waals surface area contributed by atoms with Crippen molar-refractivity contribution in [3.8, 4) is 0 Å². The van der Waals surface area contributed by atoms with Gasteiger partial charge in [0.25, 0.3) is 0 Å². The van der Waals surface area contributed by atoms with Crippen LogP contribution in [0.5, 0.6) is 0 Å². The lowest BCUT2D eigenvalue weighted by atomic mass is 9.74. The van der Waals surface area contributed by atoms with Crippen molar-refractivity contribution in [2.75, 3.05) is 10.6 Å². The highest BCUT2D eigenvalue weighted by Gasteiger charge is 2.29. The third-order valence-corrected chi connectivity index (χ3v) is 5.71. The highest BCUT2D eigenvalue weighted by molar-refractivity contribution is 6.35. The van der Waals surface area contributed by atoms with Crippen molar-refractivity contribution in [3.63, 3.8) is 0 Å². The van der Waals surface area contributed by atoms with Crippen molar-refractivity contribution in [1.29, 1.82) is 0 Å². The molecule has 2 aromatic carbocycles. The van der Waals surface area contributed by atoms with E-state index in [1.807, 2.05) is 38.1 Å². The fourth-order valence-corrected chi connectivity index (χ4v) is 3.87. The Bertz CT molecular complexity index is 847. The van der Waals surface area contributed by atoms with Gasteiger partial charge in [-0.2, -0.15) is 0 Å². The van der Waals surface area contributed by atoms with Crippen LogP contribution in [0.15, 0.2) is 24.3 Å². The van der Waals surface area contributed by atoms with Gasteiger partial charge in [0.1, 0.15) is 0 Å². The summed E-state index contributed by atoms with van der Waals surface area (Å²) in [4.78, 5) is 22.7. The lowest BCUT2D eigenvalue weighted by molar-refractivity contribution is -0.115. The number of benzene rings is 2. The van der Waals surface area contributed by atoms with Gasteiger partial charge in [-0.15, -0.1) is 0 Å². The van der Waals surface area contributed by atoms with Crippen molar-refractivity contribution in [2.45, 2.75) is 47.0 Å². The first-order valence-electron chi connectivity index (χ1n) is 8.61. The maximum atomic E-state index is 11.4. The van der Waals surface area contributed by atoms with Crippen molar-refractivity contribution in [3.05, 3.63) is 56.6 Å². The second-order valence-electron chi connectivity index (χ2n) is 7.19. The molecule has 2 N–H and O–H groups in total. The smallest absolute Gasteiger partial charge is 0.221 e. The van der Waals surface area contributed by atoms with Gasteiger partial charge in [-0.3, -0.25) is 9.59 Å². The molecular formula is C21H24Cl2N2O2. The molecular weight excluding hydrogens is 383 g/mol. The minimum absolute atomic E-state index is 0.167. The van der Waals surface area contributed by atoms with Crippen LogP contribution < -0.4 is 10.6 Å². The zero-order chi connectivity index (χ0) is 20.5. The molecule has 0 spiro atoms. The number of rotatable bonds is 4. The molecule has 6 heteroatoms. The summed E-state index contributed by atoms with van der Waals surface area (Å²) in [5.74, 6) is -0.334. The minimum Gasteiger partial charge on any atom is -0.325 e. The van der Waals surface area contributed by atoms with Crippen molar-refractivity contribution < 1.29 is 9.59 Å². The van der Waals surface area contributed by atoms with Gasteiger partial charge in [-0.1, -0.05) is 49.2 Å². The average Bonchev–Trinajstić information content (AvgIpc) is 2.55. The molecule has 0 radical (unpaired) electrons. The third-order valence-electron chi connectivity index (χ3n) is 4.74. The van der Waals surface area contributed by atoms with Crippen LogP contribution in [0.1, 0.15) is 49.9 Å². The standard InChI is InChI=1S/C21H24Cl2N2O2/c1-11-15(7-9-17(19(11)22)24-13(3)26)21(5,6)16-8-10-18(25-14(4)27)20(23)12(16)2/h7-10H,1-6H3,(H,24,26)(H,25,27). The van der Waals surface area contributed by atoms with E-state index in [-0.39, 0.29) is 17.2 Å². The van der Waals surface area contributed by atoms with E-state index in [1.165, 1.54) is 13.8 Å². The number of amides is 2. The minimum atomic E-state index is -0.384. The van der Waals surface area contributed by atoms with E-state index >= 15 is 0 Å². The molecule has 2 rings (SSSR count). The first-order chi connectivity index (χ1) is 12.5. The average molecular weight is 407 g/mol. The first kappa shape index (κ1) is 21.3. The Kier molecular flexibility index (Phi) is 6.23. The van der Waals surface area contributed by atoms with E-state index in [2.05, 4.69) is 24.5 Å². The topological polar surface area (TPSA) is 58.2 Å². The van der Waals surface area contributed by atoms with E-state index < -0.39 is 0 Å². The summed E-state index contributed by atoms with van der Waals surface area (Å²) in [6, 6.07) is 7.58. The highest BCUT2D eigenvalue weighted by Crippen LogP contribution is 2.42. The molecule has 0 unspecified atom stereocenters. The van der Waals surface area contributed by atoms with Gasteiger partial charge in [0.2, 0.25) is 11.8 Å². The van der Waals surface area contributed by atoms with E-state index in [4.69, 9.17) is 23.2 Å².